The lowest BCUT2D eigenvalue weighted by molar-refractivity contribution is -0.115. The van der Waals surface area contributed by atoms with Crippen LogP contribution in [0, 0.1) is 0 Å². The molecule has 1 saturated heterocycles. The second-order valence-electron chi connectivity index (χ2n) is 6.42. The summed E-state index contributed by atoms with van der Waals surface area (Å²) in [5.74, 6) is 0.407. The molecule has 4 nitrogen and oxygen atoms in total. The van der Waals surface area contributed by atoms with Crippen LogP contribution in [0.15, 0.2) is 82.7 Å². The molecule has 1 N–H and O–H groups in total. The van der Waals surface area contributed by atoms with Gasteiger partial charge in [-0.1, -0.05) is 53.5 Å². The lowest BCUT2D eigenvalue weighted by atomic mass is 10.1. The normalized spacial score (nSPS) is 16.1. The Morgan fingerprint density at radius 3 is 2.57 bits per heavy atom. The van der Waals surface area contributed by atoms with Crippen molar-refractivity contribution >= 4 is 57.8 Å². The molecule has 0 saturated carbocycles. The van der Waals surface area contributed by atoms with Crippen LogP contribution in [0.3, 0.4) is 0 Å². The van der Waals surface area contributed by atoms with Gasteiger partial charge in [-0.25, -0.2) is 4.99 Å². The molecule has 0 radical (unpaired) electrons. The number of aliphatic imine (C=N–C) groups is 1. The number of hydrogen-bond acceptors (Lipinski definition) is 4. The molecule has 1 aliphatic heterocycles. The summed E-state index contributed by atoms with van der Waals surface area (Å²) in [7, 11) is 0. The average Bonchev–Trinajstić information content (AvgIpc) is 3.07. The fraction of sp³-hybridized carbons (Fsp3) is 0.0435. The standard InChI is InChI=1S/C23H16Cl2N2O2S/c24-17-6-4-5-15(11-17)14-29-20-10-9-18(25)12-16(20)13-21-22(28)27-23(30-21)26-19-7-2-1-3-8-19/h1-13H,14H2,(H,26,27,28)/b21-13-. The number of benzene rings is 3. The van der Waals surface area contributed by atoms with Gasteiger partial charge in [0.25, 0.3) is 5.91 Å². The van der Waals surface area contributed by atoms with E-state index in [9.17, 15) is 4.79 Å². The van der Waals surface area contributed by atoms with Gasteiger partial charge in [0.1, 0.15) is 12.4 Å². The Labute approximate surface area is 188 Å². The minimum atomic E-state index is -0.213. The first kappa shape index (κ1) is 20.5. The number of hydrogen-bond donors (Lipinski definition) is 1. The number of thioether (sulfide) groups is 1. The molecule has 1 fully saturated rings. The molecule has 1 aliphatic rings. The van der Waals surface area contributed by atoms with Gasteiger partial charge in [-0.15, -0.1) is 0 Å². The summed E-state index contributed by atoms with van der Waals surface area (Å²) in [4.78, 5) is 17.4. The van der Waals surface area contributed by atoms with Gasteiger partial charge in [0.15, 0.2) is 5.17 Å². The van der Waals surface area contributed by atoms with Crippen LogP contribution in [0.4, 0.5) is 5.69 Å². The van der Waals surface area contributed by atoms with E-state index in [1.54, 1.807) is 24.3 Å². The van der Waals surface area contributed by atoms with E-state index >= 15 is 0 Å². The zero-order chi connectivity index (χ0) is 20.9. The highest BCUT2D eigenvalue weighted by molar-refractivity contribution is 8.18. The van der Waals surface area contributed by atoms with Crippen LogP contribution >= 0.6 is 35.0 Å². The number of nitrogens with zero attached hydrogens (tertiary/aromatic N) is 1. The Hall–Kier alpha value is -2.73. The summed E-state index contributed by atoms with van der Waals surface area (Å²) >= 11 is 13.5. The highest BCUT2D eigenvalue weighted by atomic mass is 35.5. The van der Waals surface area contributed by atoms with Crippen LogP contribution < -0.4 is 10.1 Å². The molecule has 3 aromatic rings. The van der Waals surface area contributed by atoms with Crippen molar-refractivity contribution in [3.05, 3.63) is 98.9 Å². The third-order valence-electron chi connectivity index (χ3n) is 4.18. The Bertz CT molecular complexity index is 1150. The largest absolute Gasteiger partial charge is 0.488 e. The molecule has 0 aliphatic carbocycles. The summed E-state index contributed by atoms with van der Waals surface area (Å²) in [5.41, 5.74) is 2.43. The van der Waals surface area contributed by atoms with Crippen LogP contribution in [0.1, 0.15) is 11.1 Å². The quantitative estimate of drug-likeness (QED) is 0.449. The number of rotatable bonds is 5. The molecule has 1 heterocycles. The van der Waals surface area contributed by atoms with Crippen molar-refractivity contribution in [3.63, 3.8) is 0 Å². The predicted octanol–water partition coefficient (Wildman–Crippen LogP) is 6.46. The number of carbonyl (C=O) groups excluding carboxylic acids is 1. The van der Waals surface area contributed by atoms with Gasteiger partial charge in [-0.05, 0) is 65.9 Å². The van der Waals surface area contributed by atoms with Crippen molar-refractivity contribution in [2.45, 2.75) is 6.61 Å². The summed E-state index contributed by atoms with van der Waals surface area (Å²) in [5, 5.41) is 4.52. The molecule has 0 atom stereocenters. The number of para-hydroxylation sites is 1. The van der Waals surface area contributed by atoms with Crippen molar-refractivity contribution in [1.82, 2.24) is 5.32 Å². The Kier molecular flexibility index (Phi) is 6.43. The molecule has 1 amide bonds. The number of amides is 1. The summed E-state index contributed by atoms with van der Waals surface area (Å²) in [6.07, 6.45) is 1.76. The Morgan fingerprint density at radius 2 is 1.77 bits per heavy atom. The van der Waals surface area contributed by atoms with Crippen molar-refractivity contribution in [1.29, 1.82) is 0 Å². The van der Waals surface area contributed by atoms with E-state index < -0.39 is 0 Å². The topological polar surface area (TPSA) is 50.7 Å². The SMILES string of the molecule is O=C1NC(=Nc2ccccc2)S/C1=C\c1cc(Cl)ccc1OCc1cccc(Cl)c1. The second-order valence-corrected chi connectivity index (χ2v) is 8.32. The smallest absolute Gasteiger partial charge is 0.264 e. The lowest BCUT2D eigenvalue weighted by Crippen LogP contribution is -2.19. The van der Waals surface area contributed by atoms with Gasteiger partial charge in [0.05, 0.1) is 10.6 Å². The lowest BCUT2D eigenvalue weighted by Gasteiger charge is -2.10. The van der Waals surface area contributed by atoms with Gasteiger partial charge < -0.3 is 10.1 Å². The molecular formula is C23H16Cl2N2O2S. The number of nitrogens with one attached hydrogen (secondary N) is 1. The van der Waals surface area contributed by atoms with E-state index in [0.717, 1.165) is 11.3 Å². The fourth-order valence-corrected chi connectivity index (χ4v) is 4.02. The highest BCUT2D eigenvalue weighted by Crippen LogP contribution is 2.32. The first-order chi connectivity index (χ1) is 14.6. The molecule has 7 heteroatoms. The van der Waals surface area contributed by atoms with Crippen LogP contribution in [-0.2, 0) is 11.4 Å². The number of ether oxygens (including phenoxy) is 1. The molecule has 150 valence electrons. The van der Waals surface area contributed by atoms with Gasteiger partial charge in [-0.3, -0.25) is 4.79 Å². The van der Waals surface area contributed by atoms with Crippen LogP contribution in [0.2, 0.25) is 10.0 Å². The minimum Gasteiger partial charge on any atom is -0.488 e. The van der Waals surface area contributed by atoms with Crippen LogP contribution in [0.25, 0.3) is 6.08 Å². The summed E-state index contributed by atoms with van der Waals surface area (Å²) < 4.78 is 5.97. The molecule has 0 unspecified atom stereocenters. The van der Waals surface area contributed by atoms with Crippen molar-refractivity contribution in [3.8, 4) is 5.75 Å². The third kappa shape index (κ3) is 5.25. The first-order valence-electron chi connectivity index (χ1n) is 9.08. The number of carbonyl (C=O) groups is 1. The first-order valence-corrected chi connectivity index (χ1v) is 10.7. The van der Waals surface area contributed by atoms with E-state index in [2.05, 4.69) is 10.3 Å². The highest BCUT2D eigenvalue weighted by Gasteiger charge is 2.24. The van der Waals surface area contributed by atoms with Crippen molar-refractivity contribution in [2.24, 2.45) is 4.99 Å². The zero-order valence-electron chi connectivity index (χ0n) is 15.6. The molecule has 0 aromatic heterocycles. The van der Waals surface area contributed by atoms with Gasteiger partial charge >= 0.3 is 0 Å². The third-order valence-corrected chi connectivity index (χ3v) is 5.56. The second kappa shape index (κ2) is 9.39. The van der Waals surface area contributed by atoms with Crippen molar-refractivity contribution in [2.75, 3.05) is 0 Å². The summed E-state index contributed by atoms with van der Waals surface area (Å²) in [6, 6.07) is 22.2. The predicted molar refractivity (Wildman–Crippen MR) is 124 cm³/mol. The molecule has 0 spiro atoms. The van der Waals surface area contributed by atoms with E-state index in [1.165, 1.54) is 11.8 Å². The Balaban J connectivity index is 1.56. The maximum absolute atomic E-state index is 12.4. The maximum Gasteiger partial charge on any atom is 0.264 e. The van der Waals surface area contributed by atoms with Gasteiger partial charge in [-0.2, -0.15) is 0 Å². The number of halogens is 2. The van der Waals surface area contributed by atoms with Crippen LogP contribution in [-0.4, -0.2) is 11.1 Å². The Morgan fingerprint density at radius 1 is 0.967 bits per heavy atom. The van der Waals surface area contributed by atoms with Crippen molar-refractivity contribution < 1.29 is 9.53 Å². The number of amidine groups is 1. The van der Waals surface area contributed by atoms with E-state index in [4.69, 9.17) is 27.9 Å². The fourth-order valence-electron chi connectivity index (χ4n) is 2.79. The molecule has 30 heavy (non-hydrogen) atoms. The average molecular weight is 455 g/mol. The zero-order valence-corrected chi connectivity index (χ0v) is 18.0. The molecule has 4 rings (SSSR count). The van der Waals surface area contributed by atoms with Gasteiger partial charge in [0, 0.05) is 15.6 Å². The molecular weight excluding hydrogens is 439 g/mol. The minimum absolute atomic E-state index is 0.213. The van der Waals surface area contributed by atoms with Gasteiger partial charge in [0.2, 0.25) is 0 Å². The maximum atomic E-state index is 12.4. The molecule has 0 bridgehead atoms. The van der Waals surface area contributed by atoms with E-state index in [0.29, 0.717) is 38.0 Å². The summed E-state index contributed by atoms with van der Waals surface area (Å²) in [6.45, 7) is 0.346. The monoisotopic (exact) mass is 454 g/mol. The van der Waals surface area contributed by atoms with E-state index in [-0.39, 0.29) is 5.91 Å². The van der Waals surface area contributed by atoms with E-state index in [1.807, 2.05) is 54.6 Å². The van der Waals surface area contributed by atoms with Crippen LogP contribution in [0.5, 0.6) is 5.75 Å². The molecule has 3 aromatic carbocycles.